The highest BCUT2D eigenvalue weighted by Gasteiger charge is 2.03. The highest BCUT2D eigenvalue weighted by atomic mass is 32.1. The first-order valence-electron chi connectivity index (χ1n) is 5.50. The summed E-state index contributed by atoms with van der Waals surface area (Å²) in [5, 5.41) is 0. The van der Waals surface area contributed by atoms with Crippen LogP contribution in [-0.2, 0) is 6.42 Å². The van der Waals surface area contributed by atoms with Crippen molar-refractivity contribution in [3.63, 3.8) is 0 Å². The van der Waals surface area contributed by atoms with E-state index in [9.17, 15) is 0 Å². The Morgan fingerprint density at radius 1 is 0.875 bits per heavy atom. The Balaban J connectivity index is 2.28. The van der Waals surface area contributed by atoms with Gasteiger partial charge in [-0.15, -0.1) is 0 Å². The molecule has 1 heteroatoms. The van der Waals surface area contributed by atoms with Crippen LogP contribution in [0.1, 0.15) is 23.6 Å². The molecule has 0 saturated heterocycles. The van der Waals surface area contributed by atoms with Gasteiger partial charge in [-0.05, 0) is 23.1 Å². The average molecular weight is 226 g/mol. The Kier molecular flexibility index (Phi) is 3.47. The number of hydrogen-bond acceptors (Lipinski definition) is 1. The Morgan fingerprint density at radius 2 is 1.44 bits per heavy atom. The van der Waals surface area contributed by atoms with Gasteiger partial charge in [0.05, 0.1) is 4.86 Å². The molecule has 0 aromatic heterocycles. The molecule has 0 nitrogen and oxygen atoms in total. The quantitative estimate of drug-likeness (QED) is 0.563. The third-order valence-corrected chi connectivity index (χ3v) is 3.13. The Bertz CT molecular complexity index is 469. The maximum atomic E-state index is 5.47. The summed E-state index contributed by atoms with van der Waals surface area (Å²) in [6, 6.07) is 18.6. The third-order valence-electron chi connectivity index (χ3n) is 2.66. The fraction of sp³-hybridized carbons (Fsp3) is 0.133. The van der Waals surface area contributed by atoms with Crippen molar-refractivity contribution in [3.05, 3.63) is 71.3 Å². The van der Waals surface area contributed by atoms with Crippen LogP contribution in [0.25, 0.3) is 0 Å². The highest BCUT2D eigenvalue weighted by molar-refractivity contribution is 7.81. The van der Waals surface area contributed by atoms with Gasteiger partial charge in [-0.25, -0.2) is 0 Å². The molecule has 80 valence electrons. The average Bonchev–Trinajstić information content (AvgIpc) is 2.39. The van der Waals surface area contributed by atoms with Crippen LogP contribution in [0.5, 0.6) is 0 Å². The first-order valence-corrected chi connectivity index (χ1v) is 5.91. The summed E-state index contributed by atoms with van der Waals surface area (Å²) < 4.78 is 0. The minimum atomic E-state index is 0.920. The van der Waals surface area contributed by atoms with E-state index in [1.165, 1.54) is 5.56 Å². The van der Waals surface area contributed by atoms with Crippen LogP contribution in [0.3, 0.4) is 0 Å². The second-order valence-electron chi connectivity index (χ2n) is 3.75. The molecule has 0 atom stereocenters. The molecule has 0 fully saturated rings. The van der Waals surface area contributed by atoms with Gasteiger partial charge in [-0.3, -0.25) is 0 Å². The molecule has 0 unspecified atom stereocenters. The standard InChI is InChI=1S/C15H14S/c1-2-12-8-10-14(11-9-12)15(16)13-6-4-3-5-7-13/h3-11H,2H2,1H3. The summed E-state index contributed by atoms with van der Waals surface area (Å²) in [6.45, 7) is 2.16. The Hall–Kier alpha value is -1.47. The van der Waals surface area contributed by atoms with Crippen molar-refractivity contribution in [1.29, 1.82) is 0 Å². The van der Waals surface area contributed by atoms with E-state index >= 15 is 0 Å². The van der Waals surface area contributed by atoms with Gasteiger partial charge in [-0.1, -0.05) is 73.7 Å². The molecule has 2 aromatic carbocycles. The number of thiocarbonyl (C=S) groups is 1. The lowest BCUT2D eigenvalue weighted by Crippen LogP contribution is -1.99. The summed E-state index contributed by atoms with van der Waals surface area (Å²) in [4.78, 5) is 0.920. The second kappa shape index (κ2) is 5.04. The molecular formula is C15H14S. The summed E-state index contributed by atoms with van der Waals surface area (Å²) in [6.07, 6.45) is 1.07. The van der Waals surface area contributed by atoms with Crippen molar-refractivity contribution < 1.29 is 0 Å². The molecule has 0 amide bonds. The second-order valence-corrected chi connectivity index (χ2v) is 4.15. The van der Waals surface area contributed by atoms with Crippen molar-refractivity contribution >= 4 is 17.1 Å². The lowest BCUT2D eigenvalue weighted by Gasteiger charge is -2.05. The monoisotopic (exact) mass is 226 g/mol. The molecule has 0 saturated carbocycles. The number of benzene rings is 2. The molecule has 2 aromatic rings. The highest BCUT2D eigenvalue weighted by Crippen LogP contribution is 2.12. The molecule has 16 heavy (non-hydrogen) atoms. The van der Waals surface area contributed by atoms with E-state index < -0.39 is 0 Å². The fourth-order valence-electron chi connectivity index (χ4n) is 1.65. The van der Waals surface area contributed by atoms with Gasteiger partial charge in [0.2, 0.25) is 0 Å². The van der Waals surface area contributed by atoms with Crippen molar-refractivity contribution in [2.24, 2.45) is 0 Å². The van der Waals surface area contributed by atoms with Crippen LogP contribution in [0.4, 0.5) is 0 Å². The van der Waals surface area contributed by atoms with E-state index in [0.29, 0.717) is 0 Å². The van der Waals surface area contributed by atoms with Gasteiger partial charge in [-0.2, -0.15) is 0 Å². The van der Waals surface area contributed by atoms with Crippen LogP contribution in [0, 0.1) is 0 Å². The van der Waals surface area contributed by atoms with Crippen LogP contribution in [0.2, 0.25) is 0 Å². The summed E-state index contributed by atoms with van der Waals surface area (Å²) >= 11 is 5.47. The van der Waals surface area contributed by atoms with E-state index in [4.69, 9.17) is 12.2 Å². The fourth-order valence-corrected chi connectivity index (χ4v) is 1.92. The predicted octanol–water partition coefficient (Wildman–Crippen LogP) is 4.02. The summed E-state index contributed by atoms with van der Waals surface area (Å²) in [7, 11) is 0. The zero-order chi connectivity index (χ0) is 11.4. The number of aryl methyl sites for hydroxylation is 1. The van der Waals surface area contributed by atoms with E-state index in [1.54, 1.807) is 0 Å². The molecule has 0 aliphatic carbocycles. The Labute approximate surface area is 102 Å². The van der Waals surface area contributed by atoms with Crippen LogP contribution < -0.4 is 0 Å². The lowest BCUT2D eigenvalue weighted by atomic mass is 10.0. The number of rotatable bonds is 3. The molecule has 0 bridgehead atoms. The molecule has 0 heterocycles. The third kappa shape index (κ3) is 2.37. The lowest BCUT2D eigenvalue weighted by molar-refractivity contribution is 1.14. The Morgan fingerprint density at radius 3 is 2.00 bits per heavy atom. The van der Waals surface area contributed by atoms with Gasteiger partial charge < -0.3 is 0 Å². The molecule has 0 N–H and O–H groups in total. The molecule has 0 aliphatic heterocycles. The minimum absolute atomic E-state index is 0.920. The van der Waals surface area contributed by atoms with Crippen LogP contribution in [-0.4, -0.2) is 4.86 Å². The van der Waals surface area contributed by atoms with Gasteiger partial charge in [0, 0.05) is 0 Å². The smallest absolute Gasteiger partial charge is 0.0521 e. The first kappa shape index (κ1) is 11.0. The van der Waals surface area contributed by atoms with Crippen molar-refractivity contribution in [1.82, 2.24) is 0 Å². The van der Waals surface area contributed by atoms with E-state index in [0.717, 1.165) is 22.4 Å². The van der Waals surface area contributed by atoms with Crippen LogP contribution >= 0.6 is 12.2 Å². The molecular weight excluding hydrogens is 212 g/mol. The zero-order valence-corrected chi connectivity index (χ0v) is 10.1. The molecule has 0 aliphatic rings. The molecule has 0 radical (unpaired) electrons. The normalized spacial score (nSPS) is 10.1. The van der Waals surface area contributed by atoms with E-state index in [1.807, 2.05) is 18.2 Å². The maximum Gasteiger partial charge on any atom is 0.0521 e. The first-order chi connectivity index (χ1) is 7.81. The van der Waals surface area contributed by atoms with E-state index in [-0.39, 0.29) is 0 Å². The number of hydrogen-bond donors (Lipinski definition) is 0. The van der Waals surface area contributed by atoms with Gasteiger partial charge in [0.15, 0.2) is 0 Å². The molecule has 2 rings (SSSR count). The summed E-state index contributed by atoms with van der Waals surface area (Å²) in [5.41, 5.74) is 3.58. The maximum absolute atomic E-state index is 5.47. The van der Waals surface area contributed by atoms with Crippen molar-refractivity contribution in [3.8, 4) is 0 Å². The largest absolute Gasteiger partial charge is 0.0788 e. The minimum Gasteiger partial charge on any atom is -0.0788 e. The topological polar surface area (TPSA) is 0 Å². The van der Waals surface area contributed by atoms with Gasteiger partial charge in [0.25, 0.3) is 0 Å². The zero-order valence-electron chi connectivity index (χ0n) is 9.31. The van der Waals surface area contributed by atoms with Crippen molar-refractivity contribution in [2.45, 2.75) is 13.3 Å². The summed E-state index contributed by atoms with van der Waals surface area (Å²) in [5.74, 6) is 0. The van der Waals surface area contributed by atoms with Gasteiger partial charge >= 0.3 is 0 Å². The SMILES string of the molecule is CCc1ccc(C(=S)c2ccccc2)cc1. The van der Waals surface area contributed by atoms with E-state index in [2.05, 4.69) is 43.3 Å². The van der Waals surface area contributed by atoms with Crippen molar-refractivity contribution in [2.75, 3.05) is 0 Å². The predicted molar refractivity (Wildman–Crippen MR) is 73.1 cm³/mol. The van der Waals surface area contributed by atoms with Gasteiger partial charge in [0.1, 0.15) is 0 Å². The van der Waals surface area contributed by atoms with Crippen LogP contribution in [0.15, 0.2) is 54.6 Å². The molecule has 0 spiro atoms.